The van der Waals surface area contributed by atoms with Gasteiger partial charge in [0.05, 0.1) is 5.56 Å². The van der Waals surface area contributed by atoms with E-state index in [1.54, 1.807) is 6.20 Å². The smallest absolute Gasteiger partial charge is 0.128 e. The Morgan fingerprint density at radius 2 is 2.17 bits per heavy atom. The molecule has 0 aliphatic heterocycles. The van der Waals surface area contributed by atoms with Crippen molar-refractivity contribution in [3.63, 3.8) is 0 Å². The van der Waals surface area contributed by atoms with Gasteiger partial charge in [-0.1, -0.05) is 26.2 Å². The summed E-state index contributed by atoms with van der Waals surface area (Å²) in [5, 5.41) is 8.79. The average Bonchev–Trinajstić information content (AvgIpc) is 2.46. The maximum atomic E-state index is 8.79. The number of hydrogen-bond acceptors (Lipinski definition) is 3. The Morgan fingerprint density at radius 3 is 2.78 bits per heavy atom. The first-order chi connectivity index (χ1) is 8.76. The van der Waals surface area contributed by atoms with Gasteiger partial charge in [-0.05, 0) is 30.9 Å². The van der Waals surface area contributed by atoms with Gasteiger partial charge < -0.3 is 4.90 Å². The van der Waals surface area contributed by atoms with Crippen LogP contribution in [0.3, 0.4) is 0 Å². The molecule has 0 unspecified atom stereocenters. The van der Waals surface area contributed by atoms with Crippen LogP contribution in [-0.2, 0) is 0 Å². The van der Waals surface area contributed by atoms with E-state index in [1.165, 1.54) is 32.1 Å². The van der Waals surface area contributed by atoms with Crippen molar-refractivity contribution < 1.29 is 0 Å². The highest BCUT2D eigenvalue weighted by Crippen LogP contribution is 2.31. The number of hydrogen-bond donors (Lipinski definition) is 0. The predicted octanol–water partition coefficient (Wildman–Crippen LogP) is 3.36. The normalized spacial score (nSPS) is 23.4. The SMILES string of the molecule is CC[C@H]1CCCC[C@@H]1N(C)c1ccc(C#N)cn1. The highest BCUT2D eigenvalue weighted by Gasteiger charge is 2.27. The number of anilines is 1. The molecule has 1 aromatic rings. The van der Waals surface area contributed by atoms with Crippen LogP contribution in [0.5, 0.6) is 0 Å². The van der Waals surface area contributed by atoms with Gasteiger partial charge >= 0.3 is 0 Å². The molecule has 0 spiro atoms. The highest BCUT2D eigenvalue weighted by atomic mass is 15.2. The second kappa shape index (κ2) is 5.86. The second-order valence-corrected chi connectivity index (χ2v) is 5.15. The van der Waals surface area contributed by atoms with Crippen LogP contribution in [0.2, 0.25) is 0 Å². The molecule has 1 heterocycles. The summed E-state index contributed by atoms with van der Waals surface area (Å²) in [7, 11) is 2.13. The van der Waals surface area contributed by atoms with Gasteiger partial charge in [-0.2, -0.15) is 5.26 Å². The number of rotatable bonds is 3. The quantitative estimate of drug-likeness (QED) is 0.817. The van der Waals surface area contributed by atoms with E-state index in [0.29, 0.717) is 11.6 Å². The molecule has 2 atom stereocenters. The molecule has 2 rings (SSSR count). The second-order valence-electron chi connectivity index (χ2n) is 5.15. The lowest BCUT2D eigenvalue weighted by Gasteiger charge is -2.38. The van der Waals surface area contributed by atoms with Crippen molar-refractivity contribution in [2.45, 2.75) is 45.1 Å². The zero-order chi connectivity index (χ0) is 13.0. The molecule has 18 heavy (non-hydrogen) atoms. The van der Waals surface area contributed by atoms with Crippen LogP contribution >= 0.6 is 0 Å². The summed E-state index contributed by atoms with van der Waals surface area (Å²) in [5.41, 5.74) is 0.628. The molecule has 1 saturated carbocycles. The summed E-state index contributed by atoms with van der Waals surface area (Å²) in [5.74, 6) is 1.76. The Morgan fingerprint density at radius 1 is 1.39 bits per heavy atom. The standard InChI is InChI=1S/C15H21N3/c1-3-13-6-4-5-7-14(13)18(2)15-9-8-12(10-16)11-17-15/h8-9,11,13-14H,3-7H2,1-2H3/t13-,14-/m0/s1. The molecule has 1 aromatic heterocycles. The molecule has 0 saturated heterocycles. The van der Waals surface area contributed by atoms with Crippen molar-refractivity contribution in [2.24, 2.45) is 5.92 Å². The van der Waals surface area contributed by atoms with Gasteiger partial charge in [0, 0.05) is 19.3 Å². The fourth-order valence-electron chi connectivity index (χ4n) is 3.00. The molecule has 0 amide bonds. The number of aromatic nitrogens is 1. The molecule has 1 aliphatic rings. The van der Waals surface area contributed by atoms with Gasteiger partial charge in [0.1, 0.15) is 11.9 Å². The van der Waals surface area contributed by atoms with E-state index in [9.17, 15) is 0 Å². The zero-order valence-electron chi connectivity index (χ0n) is 11.3. The van der Waals surface area contributed by atoms with E-state index in [1.807, 2.05) is 12.1 Å². The largest absolute Gasteiger partial charge is 0.356 e. The van der Waals surface area contributed by atoms with Crippen LogP contribution < -0.4 is 4.90 Å². The van der Waals surface area contributed by atoms with Gasteiger partial charge in [0.2, 0.25) is 0 Å². The predicted molar refractivity (Wildman–Crippen MR) is 73.4 cm³/mol. The molecule has 1 fully saturated rings. The van der Waals surface area contributed by atoms with Crippen molar-refractivity contribution in [1.82, 2.24) is 4.98 Å². The summed E-state index contributed by atoms with van der Waals surface area (Å²) in [6.07, 6.45) is 8.19. The third-order valence-corrected chi connectivity index (χ3v) is 4.13. The summed E-state index contributed by atoms with van der Waals surface area (Å²) in [6, 6.07) is 6.52. The van der Waals surface area contributed by atoms with Gasteiger partial charge in [0.15, 0.2) is 0 Å². The van der Waals surface area contributed by atoms with Crippen LogP contribution in [0.1, 0.15) is 44.6 Å². The van der Waals surface area contributed by atoms with Gasteiger partial charge in [-0.15, -0.1) is 0 Å². The molecule has 0 N–H and O–H groups in total. The first-order valence-corrected chi connectivity index (χ1v) is 6.85. The Bertz CT molecular complexity index is 418. The summed E-state index contributed by atoms with van der Waals surface area (Å²) < 4.78 is 0. The lowest BCUT2D eigenvalue weighted by molar-refractivity contribution is 0.291. The molecule has 3 nitrogen and oxygen atoms in total. The fourth-order valence-corrected chi connectivity index (χ4v) is 3.00. The van der Waals surface area contributed by atoms with Gasteiger partial charge in [-0.3, -0.25) is 0 Å². The van der Waals surface area contributed by atoms with E-state index < -0.39 is 0 Å². The van der Waals surface area contributed by atoms with E-state index in [2.05, 4.69) is 29.9 Å². The lowest BCUT2D eigenvalue weighted by Crippen LogP contribution is -2.40. The molecule has 1 aliphatic carbocycles. The van der Waals surface area contributed by atoms with Gasteiger partial charge in [-0.25, -0.2) is 4.98 Å². The minimum absolute atomic E-state index is 0.601. The number of pyridine rings is 1. The first kappa shape index (κ1) is 12.9. The number of nitriles is 1. The Kier molecular flexibility index (Phi) is 4.19. The molecular weight excluding hydrogens is 222 g/mol. The van der Waals surface area contributed by atoms with Crippen LogP contribution in [0.4, 0.5) is 5.82 Å². The number of nitrogens with zero attached hydrogens (tertiary/aromatic N) is 3. The molecule has 3 heteroatoms. The monoisotopic (exact) mass is 243 g/mol. The maximum Gasteiger partial charge on any atom is 0.128 e. The summed E-state index contributed by atoms with van der Waals surface area (Å²) >= 11 is 0. The maximum absolute atomic E-state index is 8.79. The molecular formula is C15H21N3. The van der Waals surface area contributed by atoms with Gasteiger partial charge in [0.25, 0.3) is 0 Å². The summed E-state index contributed by atoms with van der Waals surface area (Å²) in [6.45, 7) is 2.28. The van der Waals surface area contributed by atoms with Crippen molar-refractivity contribution in [2.75, 3.05) is 11.9 Å². The Hall–Kier alpha value is -1.56. The Labute approximate surface area is 109 Å². The van der Waals surface area contributed by atoms with Crippen molar-refractivity contribution >= 4 is 5.82 Å². The highest BCUT2D eigenvalue weighted by molar-refractivity contribution is 5.42. The molecule has 0 aromatic carbocycles. The van der Waals surface area contributed by atoms with Crippen LogP contribution in [0.15, 0.2) is 18.3 Å². The fraction of sp³-hybridized carbons (Fsp3) is 0.600. The molecule has 0 radical (unpaired) electrons. The Balaban J connectivity index is 2.13. The third kappa shape index (κ3) is 2.64. The van der Waals surface area contributed by atoms with Crippen LogP contribution in [0.25, 0.3) is 0 Å². The van der Waals surface area contributed by atoms with Crippen LogP contribution in [0, 0.1) is 17.2 Å². The minimum atomic E-state index is 0.601. The molecule has 0 bridgehead atoms. The lowest BCUT2D eigenvalue weighted by atomic mass is 9.82. The van der Waals surface area contributed by atoms with Crippen LogP contribution in [-0.4, -0.2) is 18.1 Å². The van der Waals surface area contributed by atoms with E-state index in [4.69, 9.17) is 5.26 Å². The topological polar surface area (TPSA) is 39.9 Å². The third-order valence-electron chi connectivity index (χ3n) is 4.13. The minimum Gasteiger partial charge on any atom is -0.356 e. The van der Waals surface area contributed by atoms with E-state index in [-0.39, 0.29) is 0 Å². The zero-order valence-corrected chi connectivity index (χ0v) is 11.3. The summed E-state index contributed by atoms with van der Waals surface area (Å²) in [4.78, 5) is 6.70. The van der Waals surface area contributed by atoms with Crippen molar-refractivity contribution in [3.8, 4) is 6.07 Å². The average molecular weight is 243 g/mol. The van der Waals surface area contributed by atoms with E-state index in [0.717, 1.165) is 11.7 Å². The first-order valence-electron chi connectivity index (χ1n) is 6.85. The molecule has 96 valence electrons. The van der Waals surface area contributed by atoms with Crippen molar-refractivity contribution in [3.05, 3.63) is 23.9 Å². The van der Waals surface area contributed by atoms with E-state index >= 15 is 0 Å². The van der Waals surface area contributed by atoms with Crippen molar-refractivity contribution in [1.29, 1.82) is 5.26 Å².